The van der Waals surface area contributed by atoms with Crippen LogP contribution in [0.4, 0.5) is 11.5 Å². The van der Waals surface area contributed by atoms with Crippen LogP contribution in [0.5, 0.6) is 0 Å². The molecule has 1 spiro atoms. The van der Waals surface area contributed by atoms with Crippen LogP contribution in [0, 0.1) is 5.41 Å². The van der Waals surface area contributed by atoms with Crippen molar-refractivity contribution in [1.29, 1.82) is 0 Å². The lowest BCUT2D eigenvalue weighted by Gasteiger charge is -2.40. The number of rotatable bonds is 11. The number of aryl methyl sites for hydroxylation is 2. The van der Waals surface area contributed by atoms with Crippen LogP contribution in [0.25, 0.3) is 0 Å². The molecule has 3 aliphatic heterocycles. The maximum atomic E-state index is 14.1. The van der Waals surface area contributed by atoms with Crippen molar-refractivity contribution in [3.05, 3.63) is 52.7 Å². The van der Waals surface area contributed by atoms with Gasteiger partial charge >= 0.3 is 5.97 Å². The normalized spacial score (nSPS) is 27.1. The second-order valence-electron chi connectivity index (χ2n) is 16.4. The smallest absolute Gasteiger partial charge is 0.325 e. The zero-order chi connectivity index (χ0) is 33.8. The molecular formula is C39H54N4O5. The van der Waals surface area contributed by atoms with E-state index in [1.165, 1.54) is 12.0 Å². The molecule has 0 unspecified atom stereocenters. The minimum atomic E-state index is -0.868. The Morgan fingerprint density at radius 2 is 1.98 bits per heavy atom. The molecule has 5 aliphatic rings. The number of hydrogen-bond donors (Lipinski definition) is 2. The van der Waals surface area contributed by atoms with Crippen LogP contribution in [0.1, 0.15) is 114 Å². The Labute approximate surface area is 285 Å². The van der Waals surface area contributed by atoms with Crippen LogP contribution in [0.15, 0.2) is 30.3 Å². The van der Waals surface area contributed by atoms with E-state index >= 15 is 0 Å². The number of amides is 1. The van der Waals surface area contributed by atoms with Gasteiger partial charge in [-0.25, -0.2) is 4.98 Å². The molecule has 2 aromatic rings. The van der Waals surface area contributed by atoms with Crippen LogP contribution in [-0.4, -0.2) is 77.5 Å². The average molecular weight is 659 g/mol. The number of carboxylic acid groups (broad SMARTS) is 1. The Kier molecular flexibility index (Phi) is 8.86. The third kappa shape index (κ3) is 6.15. The molecule has 9 heteroatoms. The number of pyridine rings is 1. The first-order valence-electron chi connectivity index (χ1n) is 18.3. The molecule has 260 valence electrons. The summed E-state index contributed by atoms with van der Waals surface area (Å²) in [7, 11) is 1.96. The predicted octanol–water partition coefficient (Wildman–Crippen LogP) is 6.43. The van der Waals surface area contributed by atoms with Gasteiger partial charge in [-0.05, 0) is 126 Å². The number of nitrogens with one attached hydrogen (secondary N) is 1. The van der Waals surface area contributed by atoms with Crippen LogP contribution in [0.2, 0.25) is 0 Å². The van der Waals surface area contributed by atoms with E-state index in [-0.39, 0.29) is 35.1 Å². The zero-order valence-electron chi connectivity index (χ0n) is 29.5. The molecule has 1 aromatic heterocycles. The lowest BCUT2D eigenvalue weighted by atomic mass is 9.87. The molecule has 9 nitrogen and oxygen atoms in total. The van der Waals surface area contributed by atoms with Gasteiger partial charge in [-0.3, -0.25) is 14.5 Å². The second-order valence-corrected chi connectivity index (χ2v) is 16.4. The highest BCUT2D eigenvalue weighted by atomic mass is 16.5. The molecule has 7 rings (SSSR count). The number of likely N-dealkylation sites (N-methyl/N-ethyl adjacent to an activating group) is 1. The fourth-order valence-electron chi connectivity index (χ4n) is 9.20. The molecule has 3 fully saturated rings. The first-order valence-corrected chi connectivity index (χ1v) is 18.3. The lowest BCUT2D eigenvalue weighted by molar-refractivity contribution is -0.144. The van der Waals surface area contributed by atoms with E-state index in [2.05, 4.69) is 50.0 Å². The van der Waals surface area contributed by atoms with Crippen molar-refractivity contribution in [2.24, 2.45) is 5.41 Å². The summed E-state index contributed by atoms with van der Waals surface area (Å²) >= 11 is 0. The Morgan fingerprint density at radius 1 is 1.17 bits per heavy atom. The van der Waals surface area contributed by atoms with Gasteiger partial charge in [-0.15, -0.1) is 0 Å². The molecular weight excluding hydrogens is 604 g/mol. The number of nitrogens with zero attached hydrogens (tertiary/aromatic N) is 3. The van der Waals surface area contributed by atoms with E-state index in [9.17, 15) is 14.7 Å². The van der Waals surface area contributed by atoms with Crippen molar-refractivity contribution in [1.82, 2.24) is 9.88 Å². The van der Waals surface area contributed by atoms with Crippen molar-refractivity contribution in [3.63, 3.8) is 0 Å². The number of aromatic nitrogens is 1. The van der Waals surface area contributed by atoms with Crippen molar-refractivity contribution in [2.45, 2.75) is 134 Å². The van der Waals surface area contributed by atoms with Gasteiger partial charge < -0.3 is 24.8 Å². The van der Waals surface area contributed by atoms with Gasteiger partial charge in [-0.1, -0.05) is 32.0 Å². The third-order valence-electron chi connectivity index (χ3n) is 12.0. The summed E-state index contributed by atoms with van der Waals surface area (Å²) in [5.41, 5.74) is 4.12. The number of unbranched alkanes of at least 4 members (excludes halogenated alkanes) is 1. The summed E-state index contributed by atoms with van der Waals surface area (Å²) in [6.07, 6.45) is 9.99. The fourth-order valence-corrected chi connectivity index (χ4v) is 9.20. The SMILES string of the molecule is CN([C@H]1C[C@H](OCCCCc2ccc3c(n2)NCCC3)C(C)(C)C1)[C@@H](C(=O)O)c1cccc2c1C1(CC1)C(=O)N2[C@@H]1CCOC(C)(C)C1. The van der Waals surface area contributed by atoms with Gasteiger partial charge in [-0.2, -0.15) is 0 Å². The Bertz CT molecular complexity index is 1550. The van der Waals surface area contributed by atoms with Crippen molar-refractivity contribution >= 4 is 23.4 Å². The standard InChI is InChI=1S/C39H54N4O5/c1-37(2)23-28(22-31(37)47-20-7-6-11-26-15-14-25-10-9-19-40-34(25)41-26)42(5)33(35(44)45)29-12-8-13-30-32(29)39(17-18-39)36(46)43(30)27-16-21-48-38(3,4)24-27/h8,12-15,27-28,31,33H,6-7,9-11,16-24H2,1-5H3,(H,40,41)(H,44,45)/t27-,28+,31+,33-/m1/s1. The van der Waals surface area contributed by atoms with E-state index in [1.807, 2.05) is 30.1 Å². The number of anilines is 2. The largest absolute Gasteiger partial charge is 0.480 e. The molecule has 1 amide bonds. The van der Waals surface area contributed by atoms with Gasteiger partial charge in [0.1, 0.15) is 11.9 Å². The van der Waals surface area contributed by atoms with Crippen LogP contribution in [0.3, 0.4) is 0 Å². The van der Waals surface area contributed by atoms with Gasteiger partial charge in [0.2, 0.25) is 5.91 Å². The number of benzene rings is 1. The summed E-state index contributed by atoms with van der Waals surface area (Å²) in [5, 5.41) is 14.2. The van der Waals surface area contributed by atoms with Crippen LogP contribution < -0.4 is 10.2 Å². The monoisotopic (exact) mass is 658 g/mol. The lowest BCUT2D eigenvalue weighted by Crippen LogP contribution is -2.48. The minimum absolute atomic E-state index is 0.0498. The quantitative estimate of drug-likeness (QED) is 0.266. The zero-order valence-corrected chi connectivity index (χ0v) is 29.5. The summed E-state index contributed by atoms with van der Waals surface area (Å²) in [5.74, 6) is 0.333. The third-order valence-corrected chi connectivity index (χ3v) is 12.0. The molecule has 2 aliphatic carbocycles. The molecule has 2 saturated carbocycles. The molecule has 1 saturated heterocycles. The highest BCUT2D eigenvalue weighted by molar-refractivity contribution is 6.11. The summed E-state index contributed by atoms with van der Waals surface area (Å²) < 4.78 is 12.5. The van der Waals surface area contributed by atoms with E-state index < -0.39 is 17.4 Å². The number of carboxylic acids is 1. The maximum Gasteiger partial charge on any atom is 0.325 e. The summed E-state index contributed by atoms with van der Waals surface area (Å²) in [6, 6.07) is 9.59. The highest BCUT2D eigenvalue weighted by Crippen LogP contribution is 2.60. The van der Waals surface area contributed by atoms with Crippen molar-refractivity contribution in [2.75, 3.05) is 37.0 Å². The van der Waals surface area contributed by atoms with Gasteiger partial charge in [0, 0.05) is 43.2 Å². The molecule has 4 atom stereocenters. The molecule has 2 N–H and O–H groups in total. The van der Waals surface area contributed by atoms with E-state index in [1.54, 1.807) is 0 Å². The number of ether oxygens (including phenoxy) is 2. The first-order chi connectivity index (χ1) is 22.9. The van der Waals surface area contributed by atoms with Gasteiger partial charge in [0.15, 0.2) is 0 Å². The average Bonchev–Trinajstić information content (AvgIpc) is 3.72. The molecule has 1 aromatic carbocycles. The maximum absolute atomic E-state index is 14.1. The molecule has 0 radical (unpaired) electrons. The number of carbonyl (C=O) groups is 2. The van der Waals surface area contributed by atoms with Crippen molar-refractivity contribution in [3.8, 4) is 0 Å². The molecule has 0 bridgehead atoms. The van der Waals surface area contributed by atoms with Gasteiger partial charge in [0.05, 0.1) is 17.1 Å². The molecule has 4 heterocycles. The van der Waals surface area contributed by atoms with Crippen LogP contribution >= 0.6 is 0 Å². The predicted molar refractivity (Wildman–Crippen MR) is 187 cm³/mol. The summed E-state index contributed by atoms with van der Waals surface area (Å²) in [6.45, 7) is 11.0. The number of carbonyl (C=O) groups excluding carboxylic acids is 1. The van der Waals surface area contributed by atoms with Crippen LogP contribution in [-0.2, 0) is 37.3 Å². The molecule has 48 heavy (non-hydrogen) atoms. The Balaban J connectivity index is 1.03. The van der Waals surface area contributed by atoms with E-state index in [0.29, 0.717) is 13.2 Å². The minimum Gasteiger partial charge on any atom is -0.480 e. The van der Waals surface area contributed by atoms with E-state index in [4.69, 9.17) is 14.5 Å². The fraction of sp³-hybridized carbons (Fsp3) is 0.667. The number of hydrogen-bond acceptors (Lipinski definition) is 7. The topological polar surface area (TPSA) is 104 Å². The second kappa shape index (κ2) is 12.7. The first kappa shape index (κ1) is 33.5. The summed E-state index contributed by atoms with van der Waals surface area (Å²) in [4.78, 5) is 36.2. The number of fused-ring (bicyclic) bond motifs is 3. The van der Waals surface area contributed by atoms with Crippen molar-refractivity contribution < 1.29 is 24.2 Å². The Hall–Kier alpha value is -3.01. The Morgan fingerprint density at radius 3 is 2.73 bits per heavy atom. The highest BCUT2D eigenvalue weighted by Gasteiger charge is 2.62. The van der Waals surface area contributed by atoms with E-state index in [0.717, 1.165) is 99.1 Å². The number of aliphatic carboxylic acids is 1. The van der Waals surface area contributed by atoms with Gasteiger partial charge in [0.25, 0.3) is 0 Å².